The molecule has 0 saturated heterocycles. The van der Waals surface area contributed by atoms with Crippen molar-refractivity contribution in [3.05, 3.63) is 64.3 Å². The molecule has 1 N–H and O–H groups in total. The molecule has 0 spiro atoms. The summed E-state index contributed by atoms with van der Waals surface area (Å²) in [5, 5.41) is 10.8. The number of ether oxygens (including phenoxy) is 1. The summed E-state index contributed by atoms with van der Waals surface area (Å²) in [6, 6.07) is 15.1. The zero-order valence-electron chi connectivity index (χ0n) is 12.0. The molecule has 0 aliphatic heterocycles. The molecule has 22 heavy (non-hydrogen) atoms. The Morgan fingerprint density at radius 3 is 2.73 bits per heavy atom. The molecule has 0 fully saturated rings. The summed E-state index contributed by atoms with van der Waals surface area (Å²) < 4.78 is 6.12. The van der Waals surface area contributed by atoms with Crippen LogP contribution in [0.2, 0.25) is 0 Å². The minimum Gasteiger partial charge on any atom is -0.506 e. The van der Waals surface area contributed by atoms with Crippen molar-refractivity contribution in [1.82, 2.24) is 4.98 Å². The van der Waals surface area contributed by atoms with Gasteiger partial charge in [0, 0.05) is 5.39 Å². The molecule has 0 bridgehead atoms. The lowest BCUT2D eigenvalue weighted by molar-refractivity contribution is 0.412. The fraction of sp³-hybridized carbons (Fsp3) is 0.0556. The van der Waals surface area contributed by atoms with Gasteiger partial charge < -0.3 is 9.84 Å². The zero-order valence-corrected chi connectivity index (χ0v) is 13.5. The highest BCUT2D eigenvalue weighted by Crippen LogP contribution is 2.27. The molecule has 0 aliphatic carbocycles. The highest BCUT2D eigenvalue weighted by molar-refractivity contribution is 9.10. The molecule has 4 heteroatoms. The van der Waals surface area contributed by atoms with E-state index in [2.05, 4.69) is 20.9 Å². The standard InChI is InChI=1S/C18H14BrNO2/c1-22-17-10-6-12(11-15(17)19)5-8-14-9-7-13-3-2-4-16(21)18(13)20-14/h2-11,21H,1H3. The number of phenols is 1. The quantitative estimate of drug-likeness (QED) is 0.727. The molecule has 3 nitrogen and oxygen atoms in total. The van der Waals surface area contributed by atoms with Crippen LogP contribution >= 0.6 is 15.9 Å². The third kappa shape index (κ3) is 2.97. The van der Waals surface area contributed by atoms with Crippen molar-refractivity contribution in [2.45, 2.75) is 0 Å². The van der Waals surface area contributed by atoms with Gasteiger partial charge in [0.2, 0.25) is 0 Å². The smallest absolute Gasteiger partial charge is 0.141 e. The summed E-state index contributed by atoms with van der Waals surface area (Å²) in [4.78, 5) is 4.47. The highest BCUT2D eigenvalue weighted by Gasteiger charge is 2.02. The van der Waals surface area contributed by atoms with Gasteiger partial charge >= 0.3 is 0 Å². The molecule has 0 unspecified atom stereocenters. The van der Waals surface area contributed by atoms with Crippen molar-refractivity contribution in [3.8, 4) is 11.5 Å². The number of hydrogen-bond acceptors (Lipinski definition) is 3. The van der Waals surface area contributed by atoms with Crippen molar-refractivity contribution >= 4 is 39.0 Å². The monoisotopic (exact) mass is 355 g/mol. The fourth-order valence-electron chi connectivity index (χ4n) is 2.21. The number of methoxy groups -OCH3 is 1. The Kier molecular flexibility index (Phi) is 4.11. The minimum atomic E-state index is 0.194. The van der Waals surface area contributed by atoms with E-state index in [1.807, 2.05) is 54.6 Å². The first-order valence-electron chi connectivity index (χ1n) is 6.78. The maximum absolute atomic E-state index is 9.87. The molecule has 2 aromatic carbocycles. The molecule has 3 aromatic rings. The lowest BCUT2D eigenvalue weighted by Gasteiger charge is -2.04. The third-order valence-corrected chi connectivity index (χ3v) is 3.96. The van der Waals surface area contributed by atoms with Crippen LogP contribution < -0.4 is 4.74 Å². The van der Waals surface area contributed by atoms with E-state index in [9.17, 15) is 5.11 Å². The van der Waals surface area contributed by atoms with Gasteiger partial charge in [-0.1, -0.05) is 30.3 Å². The second-order valence-corrected chi connectivity index (χ2v) is 5.67. The van der Waals surface area contributed by atoms with E-state index < -0.39 is 0 Å². The summed E-state index contributed by atoms with van der Waals surface area (Å²) in [5.41, 5.74) is 2.44. The number of halogens is 1. The zero-order chi connectivity index (χ0) is 15.5. The van der Waals surface area contributed by atoms with Crippen LogP contribution in [0.15, 0.2) is 53.0 Å². The second kappa shape index (κ2) is 6.20. The number of hydrogen-bond donors (Lipinski definition) is 1. The lowest BCUT2D eigenvalue weighted by Crippen LogP contribution is -1.85. The topological polar surface area (TPSA) is 42.4 Å². The Bertz CT molecular complexity index is 859. The third-order valence-electron chi connectivity index (χ3n) is 3.34. The number of aromatic nitrogens is 1. The maximum Gasteiger partial charge on any atom is 0.141 e. The van der Waals surface area contributed by atoms with Crippen LogP contribution in [0.25, 0.3) is 23.1 Å². The molecule has 1 aromatic heterocycles. The predicted molar refractivity (Wildman–Crippen MR) is 93.0 cm³/mol. The number of rotatable bonds is 3. The molecule has 0 amide bonds. The number of aromatic hydroxyl groups is 1. The molecular weight excluding hydrogens is 342 g/mol. The number of phenolic OH excluding ortho intramolecular Hbond substituents is 1. The SMILES string of the molecule is COc1ccc(C=Cc2ccc3cccc(O)c3n2)cc1Br. The maximum atomic E-state index is 9.87. The number of para-hydroxylation sites is 1. The minimum absolute atomic E-state index is 0.194. The van der Waals surface area contributed by atoms with Gasteiger partial charge in [0.25, 0.3) is 0 Å². The van der Waals surface area contributed by atoms with E-state index in [1.165, 1.54) is 0 Å². The predicted octanol–water partition coefficient (Wildman–Crippen LogP) is 4.88. The second-order valence-electron chi connectivity index (χ2n) is 4.81. The number of fused-ring (bicyclic) bond motifs is 1. The summed E-state index contributed by atoms with van der Waals surface area (Å²) in [5.74, 6) is 0.992. The Balaban J connectivity index is 1.92. The number of pyridine rings is 1. The lowest BCUT2D eigenvalue weighted by atomic mass is 10.1. The summed E-state index contributed by atoms with van der Waals surface area (Å²) in [7, 11) is 1.64. The molecule has 0 atom stereocenters. The Morgan fingerprint density at radius 2 is 1.95 bits per heavy atom. The Hall–Kier alpha value is -2.33. The summed E-state index contributed by atoms with van der Waals surface area (Å²) in [6.07, 6.45) is 3.89. The van der Waals surface area contributed by atoms with Crippen molar-refractivity contribution in [1.29, 1.82) is 0 Å². The Morgan fingerprint density at radius 1 is 1.09 bits per heavy atom. The van der Waals surface area contributed by atoms with Gasteiger partial charge in [-0.25, -0.2) is 4.98 Å². The van der Waals surface area contributed by atoms with Gasteiger partial charge in [-0.15, -0.1) is 0 Å². The van der Waals surface area contributed by atoms with Gasteiger partial charge in [-0.3, -0.25) is 0 Å². The molecular formula is C18H14BrNO2. The van der Waals surface area contributed by atoms with Crippen LogP contribution in [0.3, 0.4) is 0 Å². The van der Waals surface area contributed by atoms with Crippen LogP contribution in [0.1, 0.15) is 11.3 Å². The first-order chi connectivity index (χ1) is 10.7. The Labute approximate surface area is 137 Å². The molecule has 0 saturated carbocycles. The highest BCUT2D eigenvalue weighted by atomic mass is 79.9. The van der Waals surface area contributed by atoms with Gasteiger partial charge in [-0.05, 0) is 51.8 Å². The van der Waals surface area contributed by atoms with Gasteiger partial charge in [0.15, 0.2) is 0 Å². The first-order valence-corrected chi connectivity index (χ1v) is 7.57. The largest absolute Gasteiger partial charge is 0.506 e. The van der Waals surface area contributed by atoms with Gasteiger partial charge in [-0.2, -0.15) is 0 Å². The van der Waals surface area contributed by atoms with Gasteiger partial charge in [0.05, 0.1) is 17.3 Å². The van der Waals surface area contributed by atoms with Crippen molar-refractivity contribution in [3.63, 3.8) is 0 Å². The normalized spacial score (nSPS) is 11.2. The average Bonchev–Trinajstić information content (AvgIpc) is 2.53. The molecule has 1 heterocycles. The molecule has 0 aliphatic rings. The van der Waals surface area contributed by atoms with Crippen LogP contribution in [0.5, 0.6) is 11.5 Å². The first kappa shape index (κ1) is 14.6. The number of nitrogens with zero attached hydrogens (tertiary/aromatic N) is 1. The van der Waals surface area contributed by atoms with Crippen molar-refractivity contribution < 1.29 is 9.84 Å². The van der Waals surface area contributed by atoms with E-state index in [0.717, 1.165) is 26.9 Å². The van der Waals surface area contributed by atoms with E-state index in [4.69, 9.17) is 4.74 Å². The van der Waals surface area contributed by atoms with E-state index in [1.54, 1.807) is 13.2 Å². The van der Waals surface area contributed by atoms with Crippen molar-refractivity contribution in [2.75, 3.05) is 7.11 Å². The van der Waals surface area contributed by atoms with E-state index in [-0.39, 0.29) is 5.75 Å². The summed E-state index contributed by atoms with van der Waals surface area (Å²) >= 11 is 3.47. The average molecular weight is 356 g/mol. The fourth-order valence-corrected chi connectivity index (χ4v) is 2.77. The molecule has 0 radical (unpaired) electrons. The van der Waals surface area contributed by atoms with Gasteiger partial charge in [0.1, 0.15) is 17.0 Å². The van der Waals surface area contributed by atoms with Crippen LogP contribution in [-0.2, 0) is 0 Å². The van der Waals surface area contributed by atoms with Crippen LogP contribution in [-0.4, -0.2) is 17.2 Å². The van der Waals surface area contributed by atoms with Crippen LogP contribution in [0.4, 0.5) is 0 Å². The number of benzene rings is 2. The van der Waals surface area contributed by atoms with E-state index in [0.29, 0.717) is 5.52 Å². The molecule has 110 valence electrons. The molecule has 3 rings (SSSR count). The van der Waals surface area contributed by atoms with E-state index >= 15 is 0 Å². The summed E-state index contributed by atoms with van der Waals surface area (Å²) in [6.45, 7) is 0. The van der Waals surface area contributed by atoms with Crippen molar-refractivity contribution in [2.24, 2.45) is 0 Å². The van der Waals surface area contributed by atoms with Crippen LogP contribution in [0, 0.1) is 0 Å².